The summed E-state index contributed by atoms with van der Waals surface area (Å²) in [6.07, 6.45) is 9.11. The monoisotopic (exact) mass is 419 g/mol. The minimum atomic E-state index is 0.186. The Morgan fingerprint density at radius 3 is 2.77 bits per heavy atom. The molecule has 2 aliphatic rings. The van der Waals surface area contributed by atoms with E-state index < -0.39 is 0 Å². The van der Waals surface area contributed by atoms with E-state index in [-0.39, 0.29) is 6.04 Å². The summed E-state index contributed by atoms with van der Waals surface area (Å²) in [7, 11) is 0. The van der Waals surface area contributed by atoms with Crippen molar-refractivity contribution in [1.82, 2.24) is 24.8 Å². The predicted octanol–water partition coefficient (Wildman–Crippen LogP) is 5.85. The number of benzene rings is 1. The van der Waals surface area contributed by atoms with Crippen LogP contribution in [-0.2, 0) is 0 Å². The fourth-order valence-electron chi connectivity index (χ4n) is 4.92. The van der Waals surface area contributed by atoms with Gasteiger partial charge in [-0.3, -0.25) is 0 Å². The molecule has 0 unspecified atom stereocenters. The Kier molecular flexibility index (Phi) is 4.86. The zero-order chi connectivity index (χ0) is 20.8. The van der Waals surface area contributed by atoms with Crippen LogP contribution in [-0.4, -0.2) is 31.4 Å². The van der Waals surface area contributed by atoms with E-state index in [4.69, 9.17) is 16.6 Å². The summed E-state index contributed by atoms with van der Waals surface area (Å²) in [5.41, 5.74) is 6.86. The summed E-state index contributed by atoms with van der Waals surface area (Å²) < 4.78 is 0. The lowest BCUT2D eigenvalue weighted by molar-refractivity contribution is 0.288. The van der Waals surface area contributed by atoms with Crippen LogP contribution in [0.25, 0.3) is 16.6 Å². The number of hydrogen-bond donors (Lipinski definition) is 1. The van der Waals surface area contributed by atoms with Crippen LogP contribution in [0.2, 0.25) is 5.02 Å². The number of likely N-dealkylation sites (tertiary alicyclic amines) is 1. The van der Waals surface area contributed by atoms with Crippen molar-refractivity contribution in [2.45, 2.75) is 46.1 Å². The van der Waals surface area contributed by atoms with E-state index in [9.17, 15) is 0 Å². The number of allylic oxidation sites excluding steroid dienone is 3. The van der Waals surface area contributed by atoms with Crippen LogP contribution in [0.5, 0.6) is 0 Å². The van der Waals surface area contributed by atoms with Gasteiger partial charge in [-0.2, -0.15) is 0 Å². The molecule has 1 N–H and O–H groups in total. The van der Waals surface area contributed by atoms with Crippen LogP contribution in [0.3, 0.4) is 0 Å². The zero-order valence-electron chi connectivity index (χ0n) is 17.6. The highest BCUT2D eigenvalue weighted by atomic mass is 35.5. The highest BCUT2D eigenvalue weighted by Gasteiger charge is 2.38. The molecule has 6 heteroatoms. The molecule has 2 aromatic heterocycles. The Bertz CT molecular complexity index is 1160. The molecule has 1 fully saturated rings. The van der Waals surface area contributed by atoms with Crippen molar-refractivity contribution in [2.24, 2.45) is 5.92 Å². The smallest absolute Gasteiger partial charge is 0.157 e. The van der Waals surface area contributed by atoms with E-state index in [0.717, 1.165) is 59.1 Å². The van der Waals surface area contributed by atoms with Gasteiger partial charge in [-0.15, -0.1) is 0 Å². The second kappa shape index (κ2) is 7.55. The number of imidazole rings is 1. The van der Waals surface area contributed by atoms with Gasteiger partial charge in [0, 0.05) is 35.2 Å². The normalized spacial score (nSPS) is 22.1. The number of hydrogen-bond acceptors (Lipinski definition) is 4. The molecular formula is C24H26ClN5. The summed E-state index contributed by atoms with van der Waals surface area (Å²) in [6.45, 7) is 7.56. The third kappa shape index (κ3) is 3.12. The Morgan fingerprint density at radius 1 is 1.17 bits per heavy atom. The molecule has 1 aliphatic heterocycles. The van der Waals surface area contributed by atoms with Crippen molar-refractivity contribution in [3.8, 4) is 0 Å². The van der Waals surface area contributed by atoms with Gasteiger partial charge in [0.05, 0.1) is 17.1 Å². The van der Waals surface area contributed by atoms with Gasteiger partial charge in [0.15, 0.2) is 5.82 Å². The van der Waals surface area contributed by atoms with Gasteiger partial charge in [0.25, 0.3) is 0 Å². The van der Waals surface area contributed by atoms with Crippen molar-refractivity contribution >= 4 is 28.2 Å². The van der Waals surface area contributed by atoms with E-state index in [0.29, 0.717) is 5.92 Å². The molecule has 0 amide bonds. The highest BCUT2D eigenvalue weighted by Crippen LogP contribution is 2.44. The van der Waals surface area contributed by atoms with Crippen LogP contribution in [0, 0.1) is 12.8 Å². The highest BCUT2D eigenvalue weighted by molar-refractivity contribution is 6.32. The standard InChI is InChI=1S/C24H26ClN5/c1-14-6-4-7-17(23-26-11-5-12-27-23)21(14)30-13-10-15(2)22(30)24-28-19-9-8-18(25)16(3)20(19)29-24/h5-6,8-9,11-12,15,22H,4,7,10,13H2,1-3H3,(H,28,29)/t15-,22-/m0/s1. The first-order valence-electron chi connectivity index (χ1n) is 10.6. The van der Waals surface area contributed by atoms with Crippen LogP contribution >= 0.6 is 11.6 Å². The Labute approximate surface area is 181 Å². The lowest BCUT2D eigenvalue weighted by Gasteiger charge is -2.33. The van der Waals surface area contributed by atoms with Crippen molar-refractivity contribution in [3.63, 3.8) is 0 Å². The number of aromatic nitrogens is 4. The van der Waals surface area contributed by atoms with Gasteiger partial charge in [0.1, 0.15) is 5.82 Å². The lowest BCUT2D eigenvalue weighted by atomic mass is 9.93. The third-order valence-corrected chi connectivity index (χ3v) is 6.88. The molecule has 5 rings (SSSR count). The minimum absolute atomic E-state index is 0.186. The summed E-state index contributed by atoms with van der Waals surface area (Å²) in [5.74, 6) is 2.34. The first kappa shape index (κ1) is 19.3. The number of rotatable bonds is 3. The molecule has 154 valence electrons. The predicted molar refractivity (Wildman–Crippen MR) is 121 cm³/mol. The van der Waals surface area contributed by atoms with Crippen molar-refractivity contribution in [2.75, 3.05) is 6.54 Å². The fourth-order valence-corrected chi connectivity index (χ4v) is 5.07. The first-order valence-corrected chi connectivity index (χ1v) is 11.0. The number of nitrogens with one attached hydrogen (secondary N) is 1. The van der Waals surface area contributed by atoms with Crippen LogP contribution < -0.4 is 0 Å². The molecular weight excluding hydrogens is 394 g/mol. The third-order valence-electron chi connectivity index (χ3n) is 6.47. The van der Waals surface area contributed by atoms with Crippen LogP contribution in [0.1, 0.15) is 56.4 Å². The molecule has 0 saturated carbocycles. The largest absolute Gasteiger partial charge is 0.361 e. The second-order valence-corrected chi connectivity index (χ2v) is 8.83. The zero-order valence-corrected chi connectivity index (χ0v) is 18.4. The quantitative estimate of drug-likeness (QED) is 0.578. The van der Waals surface area contributed by atoms with Gasteiger partial charge in [-0.25, -0.2) is 15.0 Å². The topological polar surface area (TPSA) is 57.7 Å². The molecule has 0 bridgehead atoms. The fraction of sp³-hybridized carbons (Fsp3) is 0.375. The number of H-pyrrole nitrogens is 1. The molecule has 1 saturated heterocycles. The molecule has 1 aliphatic carbocycles. The van der Waals surface area contributed by atoms with E-state index in [1.807, 2.05) is 37.5 Å². The molecule has 0 radical (unpaired) electrons. The van der Waals surface area contributed by atoms with Gasteiger partial charge in [-0.05, 0) is 68.4 Å². The maximum Gasteiger partial charge on any atom is 0.157 e. The first-order chi connectivity index (χ1) is 14.5. The second-order valence-electron chi connectivity index (χ2n) is 8.42. The summed E-state index contributed by atoms with van der Waals surface area (Å²) >= 11 is 6.35. The number of nitrogens with zero attached hydrogens (tertiary/aromatic N) is 4. The number of halogens is 1. The number of aryl methyl sites for hydroxylation is 1. The van der Waals surface area contributed by atoms with Crippen LogP contribution in [0.15, 0.2) is 47.9 Å². The molecule has 1 aromatic carbocycles. The Morgan fingerprint density at radius 2 is 1.97 bits per heavy atom. The van der Waals surface area contributed by atoms with Crippen LogP contribution in [0.4, 0.5) is 0 Å². The van der Waals surface area contributed by atoms with Crippen molar-refractivity contribution in [1.29, 1.82) is 0 Å². The van der Waals surface area contributed by atoms with Gasteiger partial charge in [-0.1, -0.05) is 24.6 Å². The Hall–Kier alpha value is -2.66. The Balaban J connectivity index is 1.64. The molecule has 3 heterocycles. The SMILES string of the molecule is CC1=CCCC(c2ncccn2)=C1N1CC[C@H](C)[C@H]1c1nc2c(C)c(Cl)ccc2[nH]1. The molecule has 3 aromatic rings. The number of fused-ring (bicyclic) bond motifs is 1. The maximum atomic E-state index is 6.35. The maximum absolute atomic E-state index is 6.35. The molecule has 0 spiro atoms. The average Bonchev–Trinajstić information content (AvgIpc) is 3.35. The average molecular weight is 420 g/mol. The summed E-state index contributed by atoms with van der Waals surface area (Å²) in [6, 6.07) is 6.03. The number of aromatic amines is 1. The lowest BCUT2D eigenvalue weighted by Crippen LogP contribution is -2.28. The van der Waals surface area contributed by atoms with E-state index in [1.54, 1.807) is 0 Å². The molecule has 2 atom stereocenters. The summed E-state index contributed by atoms with van der Waals surface area (Å²) in [4.78, 5) is 20.3. The summed E-state index contributed by atoms with van der Waals surface area (Å²) in [5, 5.41) is 0.758. The van der Waals surface area contributed by atoms with Gasteiger partial charge >= 0.3 is 0 Å². The van der Waals surface area contributed by atoms with Crippen molar-refractivity contribution in [3.05, 3.63) is 70.2 Å². The van der Waals surface area contributed by atoms with Gasteiger partial charge in [0.2, 0.25) is 0 Å². The molecule has 30 heavy (non-hydrogen) atoms. The minimum Gasteiger partial charge on any atom is -0.361 e. The van der Waals surface area contributed by atoms with E-state index >= 15 is 0 Å². The van der Waals surface area contributed by atoms with Gasteiger partial charge < -0.3 is 9.88 Å². The molecule has 5 nitrogen and oxygen atoms in total. The van der Waals surface area contributed by atoms with E-state index in [2.05, 4.69) is 39.8 Å². The van der Waals surface area contributed by atoms with E-state index in [1.165, 1.54) is 16.8 Å². The van der Waals surface area contributed by atoms with Crippen molar-refractivity contribution < 1.29 is 0 Å².